The third-order valence-electron chi connectivity index (χ3n) is 1.67. The van der Waals surface area contributed by atoms with Crippen LogP contribution in [0.2, 0.25) is 0 Å². The van der Waals surface area contributed by atoms with Gasteiger partial charge in [0, 0.05) is 6.54 Å². The van der Waals surface area contributed by atoms with Crippen LogP contribution in [0.3, 0.4) is 0 Å². The first-order valence-corrected chi connectivity index (χ1v) is 4.58. The summed E-state index contributed by atoms with van der Waals surface area (Å²) in [6.45, 7) is 2.33. The van der Waals surface area contributed by atoms with E-state index in [2.05, 4.69) is 27.5 Å². The monoisotopic (exact) mass is 241 g/mol. The minimum Gasteiger partial charge on any atom is -0.395 e. The molecule has 1 rings (SSSR count). The van der Waals surface area contributed by atoms with Crippen molar-refractivity contribution in [1.29, 1.82) is 0 Å². The zero-order valence-corrected chi connectivity index (χ0v) is 7.54. The zero-order chi connectivity index (χ0) is 6.69. The van der Waals surface area contributed by atoms with E-state index >= 15 is 0 Å². The Morgan fingerprint density at radius 2 is 2.44 bits per heavy atom. The van der Waals surface area contributed by atoms with E-state index in [0.29, 0.717) is 10.7 Å². The molecular formula is C6H12INO. The molecule has 0 bridgehead atoms. The normalized spacial score (nSPS) is 29.3. The molecule has 0 radical (unpaired) electrons. The molecule has 54 valence electrons. The van der Waals surface area contributed by atoms with Crippen molar-refractivity contribution in [3.63, 3.8) is 0 Å². The van der Waals surface area contributed by atoms with Crippen LogP contribution in [0.4, 0.5) is 0 Å². The SMILES string of the molecule is OCCN1CCCC1I. The summed E-state index contributed by atoms with van der Waals surface area (Å²) in [7, 11) is 0. The second kappa shape index (κ2) is 3.73. The number of rotatable bonds is 2. The van der Waals surface area contributed by atoms with Gasteiger partial charge in [0.15, 0.2) is 0 Å². The number of nitrogens with zero attached hydrogens (tertiary/aromatic N) is 1. The molecular weight excluding hydrogens is 229 g/mol. The lowest BCUT2D eigenvalue weighted by Crippen LogP contribution is -2.27. The minimum atomic E-state index is 0.305. The van der Waals surface area contributed by atoms with Crippen LogP contribution in [0.1, 0.15) is 12.8 Å². The quantitative estimate of drug-likeness (QED) is 0.440. The van der Waals surface area contributed by atoms with Gasteiger partial charge in [-0.15, -0.1) is 0 Å². The molecule has 1 N–H and O–H groups in total. The average Bonchev–Trinajstić information content (AvgIpc) is 2.18. The molecule has 1 aliphatic heterocycles. The van der Waals surface area contributed by atoms with Crippen LogP contribution >= 0.6 is 22.6 Å². The molecule has 2 nitrogen and oxygen atoms in total. The largest absolute Gasteiger partial charge is 0.395 e. The van der Waals surface area contributed by atoms with Gasteiger partial charge in [0.2, 0.25) is 0 Å². The van der Waals surface area contributed by atoms with Crippen LogP contribution in [-0.2, 0) is 0 Å². The molecule has 0 saturated carbocycles. The first-order valence-electron chi connectivity index (χ1n) is 3.33. The Bertz CT molecular complexity index is 89.1. The Labute approximate surface area is 69.4 Å². The van der Waals surface area contributed by atoms with Crippen molar-refractivity contribution < 1.29 is 5.11 Å². The van der Waals surface area contributed by atoms with Gasteiger partial charge in [-0.05, 0) is 19.4 Å². The predicted octanol–water partition coefficient (Wildman–Crippen LogP) is 0.836. The van der Waals surface area contributed by atoms with Crippen molar-refractivity contribution in [1.82, 2.24) is 4.90 Å². The number of hydrogen-bond donors (Lipinski definition) is 1. The molecule has 1 aliphatic rings. The third kappa shape index (κ3) is 2.05. The van der Waals surface area contributed by atoms with Crippen LogP contribution in [0.15, 0.2) is 0 Å². The Morgan fingerprint density at radius 3 is 2.89 bits per heavy atom. The Hall–Kier alpha value is 0.650. The number of alkyl halides is 1. The van der Waals surface area contributed by atoms with Crippen molar-refractivity contribution in [2.75, 3.05) is 19.7 Å². The molecule has 0 amide bonds. The fourth-order valence-corrected chi connectivity index (χ4v) is 2.16. The molecule has 0 spiro atoms. The Morgan fingerprint density at radius 1 is 1.67 bits per heavy atom. The predicted molar refractivity (Wildman–Crippen MR) is 45.7 cm³/mol. The number of β-amino-alcohol motifs (C(OH)–C–C–N with tert-alkyl or cyclic N) is 1. The van der Waals surface area contributed by atoms with Crippen LogP contribution in [0.25, 0.3) is 0 Å². The van der Waals surface area contributed by atoms with E-state index in [0.717, 1.165) is 6.54 Å². The van der Waals surface area contributed by atoms with E-state index in [1.54, 1.807) is 0 Å². The number of halogens is 1. The highest BCUT2D eigenvalue weighted by atomic mass is 127. The van der Waals surface area contributed by atoms with Gasteiger partial charge in [-0.1, -0.05) is 22.6 Å². The molecule has 1 fully saturated rings. The van der Waals surface area contributed by atoms with Gasteiger partial charge in [0.1, 0.15) is 0 Å². The smallest absolute Gasteiger partial charge is 0.0619 e. The Kier molecular flexibility index (Phi) is 3.21. The van der Waals surface area contributed by atoms with E-state index in [4.69, 9.17) is 5.11 Å². The average molecular weight is 241 g/mol. The van der Waals surface area contributed by atoms with Gasteiger partial charge < -0.3 is 5.11 Å². The topological polar surface area (TPSA) is 23.5 Å². The van der Waals surface area contributed by atoms with Gasteiger partial charge in [0.25, 0.3) is 0 Å². The summed E-state index contributed by atoms with van der Waals surface area (Å²) < 4.78 is 0.676. The van der Waals surface area contributed by atoms with Crippen molar-refractivity contribution in [3.8, 4) is 0 Å². The van der Waals surface area contributed by atoms with Gasteiger partial charge in [-0.2, -0.15) is 0 Å². The summed E-state index contributed by atoms with van der Waals surface area (Å²) >= 11 is 2.43. The lowest BCUT2D eigenvalue weighted by molar-refractivity contribution is 0.217. The number of hydrogen-bond acceptors (Lipinski definition) is 2. The molecule has 0 aromatic heterocycles. The molecule has 1 atom stereocenters. The fourth-order valence-electron chi connectivity index (χ4n) is 1.17. The molecule has 0 aliphatic carbocycles. The van der Waals surface area contributed by atoms with Crippen molar-refractivity contribution in [2.24, 2.45) is 0 Å². The maximum Gasteiger partial charge on any atom is 0.0619 e. The highest BCUT2D eigenvalue weighted by Crippen LogP contribution is 2.21. The van der Waals surface area contributed by atoms with Crippen LogP contribution in [-0.4, -0.2) is 33.8 Å². The molecule has 3 heteroatoms. The van der Waals surface area contributed by atoms with Gasteiger partial charge >= 0.3 is 0 Å². The molecule has 0 aromatic carbocycles. The summed E-state index contributed by atoms with van der Waals surface area (Å²) in [4.78, 5) is 2.32. The summed E-state index contributed by atoms with van der Waals surface area (Å²) in [5, 5.41) is 8.60. The highest BCUT2D eigenvalue weighted by Gasteiger charge is 2.19. The zero-order valence-electron chi connectivity index (χ0n) is 5.39. The van der Waals surface area contributed by atoms with E-state index in [1.165, 1.54) is 19.4 Å². The maximum atomic E-state index is 8.60. The van der Waals surface area contributed by atoms with Crippen molar-refractivity contribution in [3.05, 3.63) is 0 Å². The summed E-state index contributed by atoms with van der Waals surface area (Å²) in [5.74, 6) is 0. The third-order valence-corrected chi connectivity index (χ3v) is 3.08. The van der Waals surface area contributed by atoms with Crippen LogP contribution < -0.4 is 0 Å². The molecule has 0 aromatic rings. The standard InChI is InChI=1S/C6H12INO/c7-6-2-1-3-8(6)4-5-9/h6,9H,1-5H2. The van der Waals surface area contributed by atoms with E-state index in [-0.39, 0.29) is 0 Å². The van der Waals surface area contributed by atoms with E-state index < -0.39 is 0 Å². The summed E-state index contributed by atoms with van der Waals surface area (Å²) in [5.41, 5.74) is 0. The summed E-state index contributed by atoms with van der Waals surface area (Å²) in [6, 6.07) is 0. The first kappa shape index (κ1) is 7.75. The highest BCUT2D eigenvalue weighted by molar-refractivity contribution is 14.1. The molecule has 1 heterocycles. The second-order valence-electron chi connectivity index (χ2n) is 2.34. The number of likely N-dealkylation sites (tertiary alicyclic amines) is 1. The van der Waals surface area contributed by atoms with Crippen molar-refractivity contribution in [2.45, 2.75) is 16.9 Å². The summed E-state index contributed by atoms with van der Waals surface area (Å²) in [6.07, 6.45) is 2.59. The first-order chi connectivity index (χ1) is 4.34. The maximum absolute atomic E-state index is 8.60. The van der Waals surface area contributed by atoms with Gasteiger partial charge in [0.05, 0.1) is 10.7 Å². The second-order valence-corrected chi connectivity index (χ2v) is 3.77. The molecule has 9 heavy (non-hydrogen) atoms. The Balaban J connectivity index is 2.22. The molecule has 1 unspecified atom stereocenters. The molecule has 1 saturated heterocycles. The van der Waals surface area contributed by atoms with Gasteiger partial charge in [-0.25, -0.2) is 0 Å². The van der Waals surface area contributed by atoms with E-state index in [9.17, 15) is 0 Å². The lowest BCUT2D eigenvalue weighted by Gasteiger charge is -2.17. The minimum absolute atomic E-state index is 0.305. The van der Waals surface area contributed by atoms with E-state index in [1.807, 2.05) is 0 Å². The number of aliphatic hydroxyl groups excluding tert-OH is 1. The van der Waals surface area contributed by atoms with Crippen molar-refractivity contribution >= 4 is 22.6 Å². The van der Waals surface area contributed by atoms with Crippen LogP contribution in [0.5, 0.6) is 0 Å². The fraction of sp³-hybridized carbons (Fsp3) is 1.00. The number of aliphatic hydroxyl groups is 1. The van der Waals surface area contributed by atoms with Crippen LogP contribution in [0, 0.1) is 0 Å². The lowest BCUT2D eigenvalue weighted by atomic mass is 10.4. The van der Waals surface area contributed by atoms with Gasteiger partial charge in [-0.3, -0.25) is 4.90 Å².